The topological polar surface area (TPSA) is 12.9 Å². The predicted molar refractivity (Wildman–Crippen MR) is 98.8 cm³/mol. The van der Waals surface area contributed by atoms with Crippen molar-refractivity contribution in [2.24, 2.45) is 0 Å². The molecule has 1 atom stereocenters. The minimum absolute atomic E-state index is 0.0698. The molecule has 0 saturated heterocycles. The Balaban J connectivity index is 1.88. The first-order valence-electron chi connectivity index (χ1n) is 6.07. The van der Waals surface area contributed by atoms with E-state index in [-0.39, 0.29) is 5.38 Å². The molecule has 0 spiro atoms. The van der Waals surface area contributed by atoms with Crippen molar-refractivity contribution >= 4 is 71.7 Å². The minimum atomic E-state index is -0.0698. The van der Waals surface area contributed by atoms with Crippen molar-refractivity contribution in [1.82, 2.24) is 4.98 Å². The summed E-state index contributed by atoms with van der Waals surface area (Å²) in [4.78, 5) is 4.65. The molecule has 0 radical (unpaired) electrons. The summed E-state index contributed by atoms with van der Waals surface area (Å²) in [5.74, 6) is 0. The van der Waals surface area contributed by atoms with E-state index in [2.05, 4.69) is 61.7 Å². The maximum atomic E-state index is 6.58. The summed E-state index contributed by atoms with van der Waals surface area (Å²) in [6.45, 7) is 0. The van der Waals surface area contributed by atoms with Crippen LogP contribution in [0.5, 0.6) is 0 Å². The van der Waals surface area contributed by atoms with E-state index in [9.17, 15) is 0 Å². The summed E-state index contributed by atoms with van der Waals surface area (Å²) in [7, 11) is 0. The summed E-state index contributed by atoms with van der Waals surface area (Å²) in [5.41, 5.74) is 2.18. The molecule has 2 aromatic carbocycles. The van der Waals surface area contributed by atoms with Gasteiger partial charge < -0.3 is 0 Å². The number of hydrogen-bond acceptors (Lipinski definition) is 2. The third-order valence-corrected chi connectivity index (χ3v) is 5.83. The predicted octanol–water partition coefficient (Wildman–Crippen LogP) is 6.19. The van der Waals surface area contributed by atoms with Crippen LogP contribution < -0.4 is 0 Å². The van der Waals surface area contributed by atoms with Crippen molar-refractivity contribution in [1.29, 1.82) is 0 Å². The van der Waals surface area contributed by atoms with E-state index in [0.717, 1.165) is 27.0 Å². The monoisotopic (exact) mass is 477 g/mol. The van der Waals surface area contributed by atoms with Crippen LogP contribution in [0.2, 0.25) is 0 Å². The van der Waals surface area contributed by atoms with Gasteiger partial charge in [-0.3, -0.25) is 0 Å². The fourth-order valence-electron chi connectivity index (χ4n) is 2.03. The third-order valence-electron chi connectivity index (χ3n) is 2.99. The second-order valence-electron chi connectivity index (χ2n) is 4.41. The number of benzene rings is 2. The normalized spacial score (nSPS) is 12.8. The number of aromatic nitrogens is 1. The van der Waals surface area contributed by atoms with Gasteiger partial charge in [0.25, 0.3) is 0 Å². The molecule has 0 aliphatic carbocycles. The second kappa shape index (κ2) is 6.30. The summed E-state index contributed by atoms with van der Waals surface area (Å²) < 4.78 is 3.46. The van der Waals surface area contributed by atoms with E-state index in [1.54, 1.807) is 11.3 Å². The molecule has 0 amide bonds. The molecule has 1 aromatic heterocycles. The standard InChI is InChI=1S/C15H10BrClINS/c16-11-6-5-9(18)7-10(11)12(17)8-15-19-13-3-1-2-4-14(13)20-15/h1-7,12H,8H2. The Hall–Kier alpha value is -0.170. The van der Waals surface area contributed by atoms with Crippen molar-refractivity contribution in [2.45, 2.75) is 11.8 Å². The molecule has 3 aromatic rings. The van der Waals surface area contributed by atoms with Crippen molar-refractivity contribution in [2.75, 3.05) is 0 Å². The van der Waals surface area contributed by atoms with Crippen LogP contribution in [0, 0.1) is 3.57 Å². The smallest absolute Gasteiger partial charge is 0.0956 e. The number of fused-ring (bicyclic) bond motifs is 1. The third kappa shape index (κ3) is 3.18. The van der Waals surface area contributed by atoms with Crippen molar-refractivity contribution in [3.63, 3.8) is 0 Å². The van der Waals surface area contributed by atoms with Crippen LogP contribution in [0.1, 0.15) is 15.9 Å². The van der Waals surface area contributed by atoms with Gasteiger partial charge in [0.05, 0.1) is 20.6 Å². The Morgan fingerprint density at radius 1 is 1.25 bits per heavy atom. The molecule has 0 saturated carbocycles. The highest BCUT2D eigenvalue weighted by Crippen LogP contribution is 2.34. The average Bonchev–Trinajstić information content (AvgIpc) is 2.83. The first-order valence-corrected chi connectivity index (χ1v) is 9.19. The van der Waals surface area contributed by atoms with Gasteiger partial charge in [-0.1, -0.05) is 28.1 Å². The molecule has 1 unspecified atom stereocenters. The van der Waals surface area contributed by atoms with Crippen molar-refractivity contribution in [3.05, 3.63) is 61.1 Å². The lowest BCUT2D eigenvalue weighted by molar-refractivity contribution is 0.905. The Morgan fingerprint density at radius 2 is 2.05 bits per heavy atom. The molecule has 0 N–H and O–H groups in total. The van der Waals surface area contributed by atoms with Crippen LogP contribution in [-0.4, -0.2) is 4.98 Å². The summed E-state index contributed by atoms with van der Waals surface area (Å²) >= 11 is 14.2. The van der Waals surface area contributed by atoms with E-state index in [0.29, 0.717) is 0 Å². The second-order valence-corrected chi connectivity index (χ2v) is 8.15. The van der Waals surface area contributed by atoms with Gasteiger partial charge in [0, 0.05) is 14.5 Å². The van der Waals surface area contributed by atoms with E-state index in [4.69, 9.17) is 11.6 Å². The van der Waals surface area contributed by atoms with E-state index >= 15 is 0 Å². The molecule has 1 heterocycles. The van der Waals surface area contributed by atoms with Gasteiger partial charge >= 0.3 is 0 Å². The molecule has 20 heavy (non-hydrogen) atoms. The molecule has 0 aliphatic rings. The maximum Gasteiger partial charge on any atom is 0.0956 e. The molecule has 3 rings (SSSR count). The molecule has 5 heteroatoms. The van der Waals surface area contributed by atoms with Crippen LogP contribution in [-0.2, 0) is 6.42 Å². The Labute approximate surface area is 148 Å². The lowest BCUT2D eigenvalue weighted by Gasteiger charge is -2.10. The maximum absolute atomic E-state index is 6.58. The first-order chi connectivity index (χ1) is 9.63. The largest absolute Gasteiger partial charge is 0.241 e. The highest BCUT2D eigenvalue weighted by molar-refractivity contribution is 14.1. The SMILES string of the molecule is ClC(Cc1nc2ccccc2s1)c1cc(I)ccc1Br. The van der Waals surface area contributed by atoms with Gasteiger partial charge in [-0.25, -0.2) is 4.98 Å². The van der Waals surface area contributed by atoms with Gasteiger partial charge in [-0.05, 0) is 58.5 Å². The van der Waals surface area contributed by atoms with Crippen molar-refractivity contribution in [3.8, 4) is 0 Å². The van der Waals surface area contributed by atoms with Crippen LogP contribution in [0.4, 0.5) is 0 Å². The van der Waals surface area contributed by atoms with E-state index in [1.165, 1.54) is 8.27 Å². The quantitative estimate of drug-likeness (QED) is 0.323. The number of hydrogen-bond donors (Lipinski definition) is 0. The highest BCUT2D eigenvalue weighted by atomic mass is 127. The fourth-order valence-corrected chi connectivity index (χ4v) is 4.63. The van der Waals surface area contributed by atoms with Crippen LogP contribution in [0.15, 0.2) is 46.9 Å². The van der Waals surface area contributed by atoms with E-state index < -0.39 is 0 Å². The number of halogens is 3. The molecular formula is C15H10BrClINS. The number of rotatable bonds is 3. The van der Waals surface area contributed by atoms with Crippen molar-refractivity contribution < 1.29 is 0 Å². The lowest BCUT2D eigenvalue weighted by atomic mass is 10.1. The summed E-state index contributed by atoms with van der Waals surface area (Å²) in [5, 5.41) is 1.01. The number of alkyl halides is 1. The Morgan fingerprint density at radius 3 is 2.85 bits per heavy atom. The zero-order valence-electron chi connectivity index (χ0n) is 10.3. The van der Waals surface area contributed by atoms with E-state index in [1.807, 2.05) is 24.3 Å². The highest BCUT2D eigenvalue weighted by Gasteiger charge is 2.15. The van der Waals surface area contributed by atoms with Crippen LogP contribution in [0.3, 0.4) is 0 Å². The van der Waals surface area contributed by atoms with Gasteiger partial charge in [0.1, 0.15) is 0 Å². The van der Waals surface area contributed by atoms with Gasteiger partial charge in [-0.2, -0.15) is 0 Å². The minimum Gasteiger partial charge on any atom is -0.241 e. The molecule has 0 fully saturated rings. The Kier molecular flexibility index (Phi) is 4.65. The number of thiazole rings is 1. The van der Waals surface area contributed by atoms with Gasteiger partial charge in [0.15, 0.2) is 0 Å². The van der Waals surface area contributed by atoms with Crippen LogP contribution >= 0.6 is 61.5 Å². The molecule has 1 nitrogen and oxygen atoms in total. The molecule has 0 aliphatic heterocycles. The first kappa shape index (κ1) is 14.8. The summed E-state index contributed by atoms with van der Waals surface area (Å²) in [6.07, 6.45) is 0.750. The molecule has 0 bridgehead atoms. The molecule has 102 valence electrons. The average molecular weight is 479 g/mol. The number of para-hydroxylation sites is 1. The van der Waals surface area contributed by atoms with Gasteiger partial charge in [0.2, 0.25) is 0 Å². The van der Waals surface area contributed by atoms with Gasteiger partial charge in [-0.15, -0.1) is 22.9 Å². The number of nitrogens with zero attached hydrogens (tertiary/aromatic N) is 1. The fraction of sp³-hybridized carbons (Fsp3) is 0.133. The summed E-state index contributed by atoms with van der Waals surface area (Å²) in [6, 6.07) is 14.4. The Bertz CT molecular complexity index is 725. The lowest BCUT2D eigenvalue weighted by Crippen LogP contribution is -1.97. The zero-order chi connectivity index (χ0) is 14.1. The van der Waals surface area contributed by atoms with Crippen LogP contribution in [0.25, 0.3) is 10.2 Å². The zero-order valence-corrected chi connectivity index (χ0v) is 15.6. The molecular weight excluding hydrogens is 469 g/mol.